The van der Waals surface area contributed by atoms with Gasteiger partial charge in [-0.25, -0.2) is 0 Å². The van der Waals surface area contributed by atoms with E-state index in [0.29, 0.717) is 19.0 Å². The van der Waals surface area contributed by atoms with E-state index in [1.807, 2.05) is 0 Å². The zero-order valence-corrected chi connectivity index (χ0v) is 18.1. The first-order valence-electron chi connectivity index (χ1n) is 9.82. The molecule has 2 amide bonds. The molecule has 2 fully saturated rings. The molecule has 0 aromatic heterocycles. The summed E-state index contributed by atoms with van der Waals surface area (Å²) in [5, 5.41) is 6.60. The van der Waals surface area contributed by atoms with Gasteiger partial charge >= 0.3 is 0 Å². The van der Waals surface area contributed by atoms with Gasteiger partial charge in [-0.05, 0) is 43.4 Å². The van der Waals surface area contributed by atoms with Crippen LogP contribution in [0.1, 0.15) is 25.7 Å². The minimum atomic E-state index is -0.103. The van der Waals surface area contributed by atoms with Crippen molar-refractivity contribution in [3.8, 4) is 0 Å². The molecule has 5 unspecified atom stereocenters. The van der Waals surface area contributed by atoms with Crippen LogP contribution in [-0.4, -0.2) is 49.4 Å². The van der Waals surface area contributed by atoms with Crippen LogP contribution >= 0.6 is 24.0 Å². The lowest BCUT2D eigenvalue weighted by Crippen LogP contribution is -2.44. The van der Waals surface area contributed by atoms with Crippen molar-refractivity contribution >= 4 is 41.8 Å². The molecule has 1 saturated heterocycles. The highest BCUT2D eigenvalue weighted by Gasteiger charge is 2.58. The first-order valence-corrected chi connectivity index (χ1v) is 9.82. The molecule has 4 aliphatic rings. The van der Waals surface area contributed by atoms with Gasteiger partial charge in [0.1, 0.15) is 0 Å². The number of carbonyl (C=O) groups is 2. The Kier molecular flexibility index (Phi) is 6.60. The fraction of sp³-hybridized carbons (Fsp3) is 0.650. The van der Waals surface area contributed by atoms with Crippen molar-refractivity contribution in [2.75, 3.05) is 26.7 Å². The van der Waals surface area contributed by atoms with Crippen LogP contribution in [-0.2, 0) is 9.59 Å². The zero-order valence-electron chi connectivity index (χ0n) is 15.8. The summed E-state index contributed by atoms with van der Waals surface area (Å²) in [4.78, 5) is 31.0. The van der Waals surface area contributed by atoms with E-state index in [0.717, 1.165) is 31.8 Å². The number of guanidine groups is 1. The molecule has 0 aromatic carbocycles. The third-order valence-corrected chi connectivity index (χ3v) is 6.35. The molecule has 1 saturated carbocycles. The van der Waals surface area contributed by atoms with Crippen LogP contribution < -0.4 is 10.6 Å². The highest BCUT2D eigenvalue weighted by Crippen LogP contribution is 2.52. The van der Waals surface area contributed by atoms with E-state index in [9.17, 15) is 9.59 Å². The molecular formula is C20H29IN4O2. The van der Waals surface area contributed by atoms with Crippen LogP contribution in [0.5, 0.6) is 0 Å². The van der Waals surface area contributed by atoms with Crippen molar-refractivity contribution in [1.82, 2.24) is 15.5 Å². The summed E-state index contributed by atoms with van der Waals surface area (Å²) in [5.74, 6) is 1.77. The molecule has 0 spiro atoms. The number of hydrogen-bond donors (Lipinski definition) is 2. The molecule has 3 aliphatic carbocycles. The van der Waals surface area contributed by atoms with Gasteiger partial charge in [0.2, 0.25) is 11.8 Å². The monoisotopic (exact) mass is 484 g/mol. The summed E-state index contributed by atoms with van der Waals surface area (Å²) < 4.78 is 0. The van der Waals surface area contributed by atoms with Crippen LogP contribution in [0.2, 0.25) is 0 Å². The Morgan fingerprint density at radius 3 is 2.44 bits per heavy atom. The fourth-order valence-corrected chi connectivity index (χ4v) is 4.97. The van der Waals surface area contributed by atoms with Crippen molar-refractivity contribution in [3.05, 3.63) is 24.3 Å². The van der Waals surface area contributed by atoms with E-state index in [2.05, 4.69) is 39.9 Å². The molecule has 27 heavy (non-hydrogen) atoms. The van der Waals surface area contributed by atoms with E-state index in [1.54, 1.807) is 7.05 Å². The summed E-state index contributed by atoms with van der Waals surface area (Å²) >= 11 is 0. The van der Waals surface area contributed by atoms with Crippen molar-refractivity contribution in [2.24, 2.45) is 34.6 Å². The van der Waals surface area contributed by atoms with Crippen LogP contribution in [0.3, 0.4) is 0 Å². The Hall–Kier alpha value is -1.38. The average molecular weight is 484 g/mol. The number of halogens is 1. The van der Waals surface area contributed by atoms with Crippen molar-refractivity contribution < 1.29 is 9.59 Å². The summed E-state index contributed by atoms with van der Waals surface area (Å²) in [6.45, 7) is 1.84. The molecule has 148 valence electrons. The maximum absolute atomic E-state index is 12.7. The standard InChI is InChI=1S/C20H28N4O2.HI/c1-21-20(23-12-13-5-3-2-4-6-13)22-9-10-24-18(25)16-14-7-8-15(11-14)17(16)19(24)26;/h2-3,7-8,13-17H,4-6,9-12H2,1H3,(H2,21,22,23);1H. The number of amides is 2. The third-order valence-electron chi connectivity index (χ3n) is 6.35. The first kappa shape index (κ1) is 20.4. The minimum absolute atomic E-state index is 0. The van der Waals surface area contributed by atoms with Gasteiger partial charge in [0.25, 0.3) is 0 Å². The number of allylic oxidation sites excluding steroid dienone is 4. The van der Waals surface area contributed by atoms with Gasteiger partial charge in [0.15, 0.2) is 5.96 Å². The zero-order chi connectivity index (χ0) is 18.1. The molecule has 0 radical (unpaired) electrons. The largest absolute Gasteiger partial charge is 0.356 e. The van der Waals surface area contributed by atoms with Gasteiger partial charge in [-0.3, -0.25) is 19.5 Å². The number of aliphatic imine (C=N–C) groups is 1. The molecule has 7 heteroatoms. The van der Waals surface area contributed by atoms with Gasteiger partial charge in [-0.15, -0.1) is 24.0 Å². The summed E-state index contributed by atoms with van der Waals surface area (Å²) in [6.07, 6.45) is 13.2. The van der Waals surface area contributed by atoms with Crippen LogP contribution in [0.4, 0.5) is 0 Å². The van der Waals surface area contributed by atoms with Gasteiger partial charge in [-0.2, -0.15) is 0 Å². The lowest BCUT2D eigenvalue weighted by Gasteiger charge is -2.21. The maximum atomic E-state index is 12.7. The molecule has 5 atom stereocenters. The Labute approximate surface area is 177 Å². The predicted octanol–water partition coefficient (Wildman–Crippen LogP) is 1.93. The number of likely N-dealkylation sites (tertiary alicyclic amines) is 1. The summed E-state index contributed by atoms with van der Waals surface area (Å²) in [6, 6.07) is 0. The maximum Gasteiger partial charge on any atom is 0.233 e. The Morgan fingerprint density at radius 2 is 1.85 bits per heavy atom. The van der Waals surface area contributed by atoms with Crippen LogP contribution in [0.15, 0.2) is 29.3 Å². The van der Waals surface area contributed by atoms with E-state index in [4.69, 9.17) is 0 Å². The molecular weight excluding hydrogens is 455 g/mol. The molecule has 1 heterocycles. The molecule has 6 nitrogen and oxygen atoms in total. The van der Waals surface area contributed by atoms with Crippen LogP contribution in [0.25, 0.3) is 0 Å². The first-order chi connectivity index (χ1) is 12.7. The van der Waals surface area contributed by atoms with E-state index in [-0.39, 0.29) is 59.5 Å². The fourth-order valence-electron chi connectivity index (χ4n) is 4.97. The van der Waals surface area contributed by atoms with Crippen molar-refractivity contribution in [2.45, 2.75) is 25.7 Å². The lowest BCUT2D eigenvalue weighted by atomic mass is 9.85. The number of nitrogens with zero attached hydrogens (tertiary/aromatic N) is 2. The normalized spacial score (nSPS) is 34.0. The number of hydrogen-bond acceptors (Lipinski definition) is 3. The third kappa shape index (κ3) is 3.93. The minimum Gasteiger partial charge on any atom is -0.356 e. The second-order valence-electron chi connectivity index (χ2n) is 7.86. The van der Waals surface area contributed by atoms with Gasteiger partial charge in [0.05, 0.1) is 11.8 Å². The smallest absolute Gasteiger partial charge is 0.233 e. The predicted molar refractivity (Wildman–Crippen MR) is 116 cm³/mol. The van der Waals surface area contributed by atoms with Gasteiger partial charge < -0.3 is 10.6 Å². The van der Waals surface area contributed by atoms with Crippen molar-refractivity contribution in [3.63, 3.8) is 0 Å². The highest BCUT2D eigenvalue weighted by atomic mass is 127. The second kappa shape index (κ2) is 8.75. The van der Waals surface area contributed by atoms with E-state index < -0.39 is 0 Å². The van der Waals surface area contributed by atoms with E-state index in [1.165, 1.54) is 11.3 Å². The SMILES string of the molecule is CN=C(NCCN1C(=O)C2C3C=CC(C3)C2C1=O)NCC1CC=CCC1.I. The highest BCUT2D eigenvalue weighted by molar-refractivity contribution is 14.0. The van der Waals surface area contributed by atoms with Gasteiger partial charge in [-0.1, -0.05) is 24.3 Å². The summed E-state index contributed by atoms with van der Waals surface area (Å²) in [5.41, 5.74) is 0. The number of fused-ring (bicyclic) bond motifs is 5. The van der Waals surface area contributed by atoms with Crippen LogP contribution in [0, 0.1) is 29.6 Å². The quantitative estimate of drug-likeness (QED) is 0.206. The topological polar surface area (TPSA) is 73.8 Å². The number of carbonyl (C=O) groups excluding carboxylic acids is 2. The van der Waals surface area contributed by atoms with Gasteiger partial charge in [0, 0.05) is 26.7 Å². The molecule has 1 aliphatic heterocycles. The Morgan fingerprint density at radius 1 is 1.15 bits per heavy atom. The van der Waals surface area contributed by atoms with E-state index >= 15 is 0 Å². The average Bonchev–Trinajstić information content (AvgIpc) is 3.34. The summed E-state index contributed by atoms with van der Waals surface area (Å²) in [7, 11) is 1.75. The Balaban J connectivity index is 0.00000210. The molecule has 2 N–H and O–H groups in total. The molecule has 2 bridgehead atoms. The number of nitrogens with one attached hydrogen (secondary N) is 2. The molecule has 4 rings (SSSR count). The lowest BCUT2D eigenvalue weighted by molar-refractivity contribution is -0.140. The number of imide groups is 1. The Bertz CT molecular complexity index is 645. The second-order valence-corrected chi connectivity index (χ2v) is 7.86. The number of rotatable bonds is 5. The van der Waals surface area contributed by atoms with Crippen molar-refractivity contribution in [1.29, 1.82) is 0 Å². The molecule has 0 aromatic rings.